The topological polar surface area (TPSA) is 42.7 Å². The number of unbranched alkanes of at least 4 members (excludes halogenated alkanes) is 4. The summed E-state index contributed by atoms with van der Waals surface area (Å²) >= 11 is 0. The highest BCUT2D eigenvalue weighted by atomic mass is 15.3. The van der Waals surface area contributed by atoms with Crippen LogP contribution in [0.4, 0.5) is 5.69 Å². The van der Waals surface area contributed by atoms with Gasteiger partial charge in [-0.2, -0.15) is 5.10 Å². The number of anilines is 1. The second kappa shape index (κ2) is 7.56. The number of nitrogens with zero attached hydrogens (tertiary/aromatic N) is 3. The summed E-state index contributed by atoms with van der Waals surface area (Å²) in [5.41, 5.74) is 1.04. The van der Waals surface area contributed by atoms with Gasteiger partial charge in [0.15, 0.2) is 5.82 Å². The summed E-state index contributed by atoms with van der Waals surface area (Å²) in [6.45, 7) is 3.23. The van der Waals surface area contributed by atoms with Crippen LogP contribution in [0.1, 0.15) is 39.0 Å². The van der Waals surface area contributed by atoms with Gasteiger partial charge in [-0.15, -0.1) is 0 Å². The third kappa shape index (κ3) is 4.09. The Morgan fingerprint density at radius 1 is 1.11 bits per heavy atom. The first-order chi connectivity index (χ1) is 9.42. The monoisotopic (exact) mass is 258 g/mol. The van der Waals surface area contributed by atoms with E-state index in [2.05, 4.69) is 28.4 Å². The molecule has 0 saturated carbocycles. The van der Waals surface area contributed by atoms with E-state index in [-0.39, 0.29) is 0 Å². The predicted octanol–water partition coefficient (Wildman–Crippen LogP) is 3.65. The molecule has 2 aromatic rings. The average Bonchev–Trinajstić information content (AvgIpc) is 2.97. The van der Waals surface area contributed by atoms with Crippen LogP contribution in [0, 0.1) is 0 Å². The SMILES string of the molecule is CCCCCCCNc1cccnc1-n1cccn1. The number of aromatic nitrogens is 3. The van der Waals surface area contributed by atoms with E-state index in [1.165, 1.54) is 32.1 Å². The summed E-state index contributed by atoms with van der Waals surface area (Å²) in [7, 11) is 0. The smallest absolute Gasteiger partial charge is 0.176 e. The van der Waals surface area contributed by atoms with Gasteiger partial charge in [0.05, 0.1) is 5.69 Å². The first kappa shape index (κ1) is 13.6. The summed E-state index contributed by atoms with van der Waals surface area (Å²) in [5.74, 6) is 0.862. The van der Waals surface area contributed by atoms with Crippen molar-refractivity contribution in [3.05, 3.63) is 36.8 Å². The van der Waals surface area contributed by atoms with Gasteiger partial charge in [-0.05, 0) is 24.6 Å². The fourth-order valence-electron chi connectivity index (χ4n) is 2.06. The molecule has 19 heavy (non-hydrogen) atoms. The molecule has 0 amide bonds. The van der Waals surface area contributed by atoms with Gasteiger partial charge in [0, 0.05) is 25.1 Å². The number of pyridine rings is 1. The molecule has 2 rings (SSSR count). The van der Waals surface area contributed by atoms with Crippen molar-refractivity contribution in [3.63, 3.8) is 0 Å². The molecule has 2 heterocycles. The van der Waals surface area contributed by atoms with Crippen LogP contribution in [0.2, 0.25) is 0 Å². The molecule has 1 N–H and O–H groups in total. The Hall–Kier alpha value is -1.84. The number of hydrogen-bond donors (Lipinski definition) is 1. The lowest BCUT2D eigenvalue weighted by Crippen LogP contribution is -2.07. The molecular formula is C15H22N4. The fraction of sp³-hybridized carbons (Fsp3) is 0.467. The minimum atomic E-state index is 0.862. The lowest BCUT2D eigenvalue weighted by Gasteiger charge is -2.10. The molecule has 2 aromatic heterocycles. The summed E-state index contributed by atoms with van der Waals surface area (Å²) in [5, 5.41) is 7.69. The third-order valence-corrected chi connectivity index (χ3v) is 3.10. The predicted molar refractivity (Wildman–Crippen MR) is 78.6 cm³/mol. The molecule has 0 radical (unpaired) electrons. The second-order valence-electron chi connectivity index (χ2n) is 4.67. The first-order valence-electron chi connectivity index (χ1n) is 7.10. The molecule has 0 saturated heterocycles. The van der Waals surface area contributed by atoms with Crippen LogP contribution in [-0.2, 0) is 0 Å². The number of rotatable bonds is 8. The van der Waals surface area contributed by atoms with E-state index in [9.17, 15) is 0 Å². The van der Waals surface area contributed by atoms with Crippen molar-refractivity contribution in [1.29, 1.82) is 0 Å². The van der Waals surface area contributed by atoms with Gasteiger partial charge in [-0.1, -0.05) is 32.6 Å². The Morgan fingerprint density at radius 2 is 2.00 bits per heavy atom. The van der Waals surface area contributed by atoms with Crippen LogP contribution >= 0.6 is 0 Å². The van der Waals surface area contributed by atoms with Crippen LogP contribution in [0.25, 0.3) is 5.82 Å². The van der Waals surface area contributed by atoms with Gasteiger partial charge < -0.3 is 5.32 Å². The first-order valence-corrected chi connectivity index (χ1v) is 7.10. The number of hydrogen-bond acceptors (Lipinski definition) is 3. The van der Waals surface area contributed by atoms with Crippen LogP contribution in [0.3, 0.4) is 0 Å². The van der Waals surface area contributed by atoms with E-state index in [1.807, 2.05) is 18.3 Å². The third-order valence-electron chi connectivity index (χ3n) is 3.10. The average molecular weight is 258 g/mol. The summed E-state index contributed by atoms with van der Waals surface area (Å²) in [6.07, 6.45) is 11.9. The molecule has 0 unspecified atom stereocenters. The van der Waals surface area contributed by atoms with Crippen molar-refractivity contribution in [2.24, 2.45) is 0 Å². The van der Waals surface area contributed by atoms with Crippen LogP contribution in [-0.4, -0.2) is 21.3 Å². The molecule has 102 valence electrons. The molecule has 0 atom stereocenters. The molecule has 0 aliphatic rings. The highest BCUT2D eigenvalue weighted by molar-refractivity contribution is 5.56. The maximum absolute atomic E-state index is 4.39. The van der Waals surface area contributed by atoms with E-state index >= 15 is 0 Å². The van der Waals surface area contributed by atoms with Crippen LogP contribution in [0.15, 0.2) is 36.8 Å². The second-order valence-corrected chi connectivity index (χ2v) is 4.67. The molecule has 0 spiro atoms. The van der Waals surface area contributed by atoms with Gasteiger partial charge in [-0.3, -0.25) is 0 Å². The van der Waals surface area contributed by atoms with Crippen molar-refractivity contribution >= 4 is 5.69 Å². The van der Waals surface area contributed by atoms with E-state index in [0.717, 1.165) is 18.1 Å². The molecule has 0 fully saturated rings. The molecule has 0 aliphatic heterocycles. The maximum atomic E-state index is 4.39. The minimum absolute atomic E-state index is 0.862. The lowest BCUT2D eigenvalue weighted by atomic mass is 10.1. The fourth-order valence-corrected chi connectivity index (χ4v) is 2.06. The van der Waals surface area contributed by atoms with E-state index in [0.29, 0.717) is 0 Å². The zero-order valence-corrected chi connectivity index (χ0v) is 11.5. The Balaban J connectivity index is 1.87. The van der Waals surface area contributed by atoms with E-state index in [4.69, 9.17) is 0 Å². The molecule has 0 aliphatic carbocycles. The van der Waals surface area contributed by atoms with Crippen molar-refractivity contribution < 1.29 is 0 Å². The molecule has 0 aromatic carbocycles. The largest absolute Gasteiger partial charge is 0.382 e. The van der Waals surface area contributed by atoms with Crippen molar-refractivity contribution in [2.75, 3.05) is 11.9 Å². The van der Waals surface area contributed by atoms with Gasteiger partial charge in [-0.25, -0.2) is 9.67 Å². The summed E-state index contributed by atoms with van der Waals surface area (Å²) in [4.78, 5) is 4.39. The Labute approximate surface area is 114 Å². The molecule has 4 nitrogen and oxygen atoms in total. The van der Waals surface area contributed by atoms with E-state index < -0.39 is 0 Å². The Morgan fingerprint density at radius 3 is 2.79 bits per heavy atom. The van der Waals surface area contributed by atoms with Gasteiger partial charge >= 0.3 is 0 Å². The highest BCUT2D eigenvalue weighted by Gasteiger charge is 2.04. The lowest BCUT2D eigenvalue weighted by molar-refractivity contribution is 0.645. The zero-order valence-electron chi connectivity index (χ0n) is 11.5. The quantitative estimate of drug-likeness (QED) is 0.735. The van der Waals surface area contributed by atoms with Crippen molar-refractivity contribution in [3.8, 4) is 5.82 Å². The minimum Gasteiger partial charge on any atom is -0.382 e. The molecule has 4 heteroatoms. The van der Waals surface area contributed by atoms with Gasteiger partial charge in [0.2, 0.25) is 0 Å². The highest BCUT2D eigenvalue weighted by Crippen LogP contribution is 2.16. The standard InChI is InChI=1S/C15H22N4/c1-2-3-4-5-6-10-16-14-9-7-11-17-15(14)19-13-8-12-18-19/h7-9,11-13,16H,2-6,10H2,1H3. The normalized spacial score (nSPS) is 10.6. The van der Waals surface area contributed by atoms with Gasteiger partial charge in [0.1, 0.15) is 0 Å². The van der Waals surface area contributed by atoms with Crippen LogP contribution < -0.4 is 5.32 Å². The Bertz CT molecular complexity index is 465. The Kier molecular flexibility index (Phi) is 5.41. The van der Waals surface area contributed by atoms with Crippen LogP contribution in [0.5, 0.6) is 0 Å². The zero-order chi connectivity index (χ0) is 13.3. The molecular weight excluding hydrogens is 236 g/mol. The van der Waals surface area contributed by atoms with E-state index in [1.54, 1.807) is 17.1 Å². The number of nitrogens with one attached hydrogen (secondary N) is 1. The van der Waals surface area contributed by atoms with Crippen molar-refractivity contribution in [1.82, 2.24) is 14.8 Å². The maximum Gasteiger partial charge on any atom is 0.176 e. The summed E-state index contributed by atoms with van der Waals surface area (Å²) < 4.78 is 1.79. The van der Waals surface area contributed by atoms with Crippen molar-refractivity contribution in [2.45, 2.75) is 39.0 Å². The molecule has 0 bridgehead atoms. The van der Waals surface area contributed by atoms with Gasteiger partial charge in [0.25, 0.3) is 0 Å². The summed E-state index contributed by atoms with van der Waals surface area (Å²) in [6, 6.07) is 5.91.